The summed E-state index contributed by atoms with van der Waals surface area (Å²) < 4.78 is 1.09. The molecule has 0 aromatic heterocycles. The van der Waals surface area contributed by atoms with Gasteiger partial charge in [0.2, 0.25) is 5.91 Å². The van der Waals surface area contributed by atoms with Crippen molar-refractivity contribution in [3.8, 4) is 0 Å². The number of hydrogen-bond acceptors (Lipinski definition) is 2. The number of rotatable bonds is 3. The summed E-state index contributed by atoms with van der Waals surface area (Å²) in [6.07, 6.45) is 4.79. The van der Waals surface area contributed by atoms with Crippen molar-refractivity contribution in [1.29, 1.82) is 0 Å². The van der Waals surface area contributed by atoms with Crippen LogP contribution in [-0.2, 0) is 4.79 Å². The van der Waals surface area contributed by atoms with Crippen LogP contribution < -0.4 is 5.32 Å². The van der Waals surface area contributed by atoms with Gasteiger partial charge in [-0.15, -0.1) is 0 Å². The molecule has 1 N–H and O–H groups in total. The Hall–Kier alpha value is -1.03. The third kappa shape index (κ3) is 4.23. The summed E-state index contributed by atoms with van der Waals surface area (Å²) in [7, 11) is 0. The van der Waals surface area contributed by atoms with E-state index in [1.807, 2.05) is 24.0 Å². The van der Waals surface area contributed by atoms with E-state index in [1.54, 1.807) is 0 Å². The van der Waals surface area contributed by atoms with E-state index in [-0.39, 0.29) is 5.91 Å². The van der Waals surface area contributed by atoms with Crippen LogP contribution in [0.4, 0.5) is 5.69 Å². The molecule has 1 heterocycles. The number of likely N-dealkylation sites (tertiary alicyclic amines) is 1. The molecule has 0 atom stereocenters. The summed E-state index contributed by atoms with van der Waals surface area (Å²) in [5.41, 5.74) is 2.18. The van der Waals surface area contributed by atoms with E-state index < -0.39 is 0 Å². The molecule has 3 nitrogen and oxygen atoms in total. The highest BCUT2D eigenvalue weighted by Crippen LogP contribution is 2.20. The third-order valence-electron chi connectivity index (χ3n) is 3.56. The van der Waals surface area contributed by atoms with Crippen molar-refractivity contribution in [3.63, 3.8) is 0 Å². The van der Waals surface area contributed by atoms with Crippen LogP contribution in [0.3, 0.4) is 0 Å². The van der Waals surface area contributed by atoms with Gasteiger partial charge in [-0.05, 0) is 43.5 Å². The summed E-state index contributed by atoms with van der Waals surface area (Å²) in [4.78, 5) is 14.1. The van der Waals surface area contributed by atoms with E-state index in [2.05, 4.69) is 27.3 Å². The third-order valence-corrected chi connectivity index (χ3v) is 4.45. The van der Waals surface area contributed by atoms with Crippen molar-refractivity contribution < 1.29 is 4.79 Å². The number of carbonyl (C=O) groups excluding carboxylic acids is 1. The number of benzene rings is 1. The van der Waals surface area contributed by atoms with E-state index in [0.29, 0.717) is 6.54 Å². The first kappa shape index (κ1) is 14.4. The SMILES string of the molecule is Cc1cc(NCC(=O)N2CCCCCC2)ccc1Br. The number of anilines is 1. The summed E-state index contributed by atoms with van der Waals surface area (Å²) in [5.74, 6) is 0.211. The zero-order valence-corrected chi connectivity index (χ0v) is 13.0. The Balaban J connectivity index is 1.86. The molecule has 1 aliphatic heterocycles. The average Bonchev–Trinajstić information content (AvgIpc) is 2.69. The number of nitrogens with zero attached hydrogens (tertiary/aromatic N) is 1. The molecular weight excluding hydrogens is 304 g/mol. The molecule has 1 amide bonds. The molecule has 0 spiro atoms. The van der Waals surface area contributed by atoms with E-state index in [4.69, 9.17) is 0 Å². The molecule has 104 valence electrons. The molecule has 19 heavy (non-hydrogen) atoms. The lowest BCUT2D eigenvalue weighted by Gasteiger charge is -2.20. The van der Waals surface area contributed by atoms with Crippen LogP contribution in [0.1, 0.15) is 31.2 Å². The van der Waals surface area contributed by atoms with E-state index >= 15 is 0 Å². The number of amides is 1. The van der Waals surface area contributed by atoms with Gasteiger partial charge < -0.3 is 10.2 Å². The second kappa shape index (κ2) is 6.94. The van der Waals surface area contributed by atoms with Gasteiger partial charge >= 0.3 is 0 Å². The standard InChI is InChI=1S/C15H21BrN2O/c1-12-10-13(6-7-14(12)16)17-11-15(19)18-8-4-2-3-5-9-18/h6-7,10,17H,2-5,8-9,11H2,1H3. The number of hydrogen-bond donors (Lipinski definition) is 1. The predicted molar refractivity (Wildman–Crippen MR) is 82.4 cm³/mol. The molecule has 0 bridgehead atoms. The van der Waals surface area contributed by atoms with Crippen molar-refractivity contribution in [2.75, 3.05) is 25.0 Å². The topological polar surface area (TPSA) is 32.3 Å². The van der Waals surface area contributed by atoms with Crippen molar-refractivity contribution in [2.45, 2.75) is 32.6 Å². The highest BCUT2D eigenvalue weighted by molar-refractivity contribution is 9.10. The fourth-order valence-corrected chi connectivity index (χ4v) is 2.61. The first-order chi connectivity index (χ1) is 9.16. The lowest BCUT2D eigenvalue weighted by molar-refractivity contribution is -0.129. The molecule has 0 unspecified atom stereocenters. The van der Waals surface area contributed by atoms with Gasteiger partial charge in [0.15, 0.2) is 0 Å². The second-order valence-corrected chi connectivity index (χ2v) is 5.97. The van der Waals surface area contributed by atoms with Crippen molar-refractivity contribution in [3.05, 3.63) is 28.2 Å². The van der Waals surface area contributed by atoms with Gasteiger partial charge in [0.05, 0.1) is 6.54 Å². The summed E-state index contributed by atoms with van der Waals surface area (Å²) in [5, 5.41) is 3.22. The van der Waals surface area contributed by atoms with E-state index in [0.717, 1.165) is 36.1 Å². The normalized spacial score (nSPS) is 16.0. The Kier molecular flexibility index (Phi) is 5.25. The Bertz CT molecular complexity index is 440. The quantitative estimate of drug-likeness (QED) is 0.921. The van der Waals surface area contributed by atoms with Crippen LogP contribution in [-0.4, -0.2) is 30.4 Å². The highest BCUT2D eigenvalue weighted by atomic mass is 79.9. The van der Waals surface area contributed by atoms with Gasteiger partial charge in [0, 0.05) is 23.2 Å². The van der Waals surface area contributed by atoms with Gasteiger partial charge in [-0.1, -0.05) is 28.8 Å². The zero-order chi connectivity index (χ0) is 13.7. The molecule has 1 aromatic rings. The van der Waals surface area contributed by atoms with Gasteiger partial charge in [0.25, 0.3) is 0 Å². The lowest BCUT2D eigenvalue weighted by Crippen LogP contribution is -2.36. The highest BCUT2D eigenvalue weighted by Gasteiger charge is 2.14. The molecule has 0 saturated carbocycles. The predicted octanol–water partition coefficient (Wildman–Crippen LogP) is 3.57. The average molecular weight is 325 g/mol. The Morgan fingerprint density at radius 3 is 2.58 bits per heavy atom. The van der Waals surface area contributed by atoms with Crippen LogP contribution in [0.15, 0.2) is 22.7 Å². The molecular formula is C15H21BrN2O. The monoisotopic (exact) mass is 324 g/mol. The number of aryl methyl sites for hydroxylation is 1. The van der Waals surface area contributed by atoms with Crippen LogP contribution in [0.2, 0.25) is 0 Å². The van der Waals surface area contributed by atoms with Gasteiger partial charge in [-0.3, -0.25) is 4.79 Å². The van der Waals surface area contributed by atoms with Crippen LogP contribution in [0.25, 0.3) is 0 Å². The first-order valence-electron chi connectivity index (χ1n) is 6.94. The fourth-order valence-electron chi connectivity index (χ4n) is 2.36. The molecule has 1 aromatic carbocycles. The van der Waals surface area contributed by atoms with E-state index in [9.17, 15) is 4.79 Å². The minimum Gasteiger partial charge on any atom is -0.376 e. The van der Waals surface area contributed by atoms with Crippen LogP contribution >= 0.6 is 15.9 Å². The van der Waals surface area contributed by atoms with Gasteiger partial charge in [-0.2, -0.15) is 0 Å². The van der Waals surface area contributed by atoms with Crippen molar-refractivity contribution in [1.82, 2.24) is 4.90 Å². The lowest BCUT2D eigenvalue weighted by atomic mass is 10.2. The second-order valence-electron chi connectivity index (χ2n) is 5.11. The molecule has 0 aliphatic carbocycles. The fraction of sp³-hybridized carbons (Fsp3) is 0.533. The number of nitrogens with one attached hydrogen (secondary N) is 1. The smallest absolute Gasteiger partial charge is 0.241 e. The minimum absolute atomic E-state index is 0.211. The molecule has 1 saturated heterocycles. The minimum atomic E-state index is 0.211. The van der Waals surface area contributed by atoms with Gasteiger partial charge in [0.1, 0.15) is 0 Å². The molecule has 2 rings (SSSR count). The molecule has 1 fully saturated rings. The summed E-state index contributed by atoms with van der Waals surface area (Å²) in [6.45, 7) is 4.27. The maximum Gasteiger partial charge on any atom is 0.241 e. The maximum atomic E-state index is 12.1. The molecule has 4 heteroatoms. The Morgan fingerprint density at radius 2 is 1.95 bits per heavy atom. The summed E-state index contributed by atoms with van der Waals surface area (Å²) in [6, 6.07) is 6.06. The first-order valence-corrected chi connectivity index (χ1v) is 7.74. The summed E-state index contributed by atoms with van der Waals surface area (Å²) >= 11 is 3.48. The van der Waals surface area contributed by atoms with Crippen molar-refractivity contribution >= 4 is 27.5 Å². The largest absolute Gasteiger partial charge is 0.376 e. The Labute approximate surface area is 123 Å². The zero-order valence-electron chi connectivity index (χ0n) is 11.4. The van der Waals surface area contributed by atoms with Crippen LogP contribution in [0.5, 0.6) is 0 Å². The maximum absolute atomic E-state index is 12.1. The molecule has 1 aliphatic rings. The van der Waals surface area contributed by atoms with Crippen molar-refractivity contribution in [2.24, 2.45) is 0 Å². The van der Waals surface area contributed by atoms with Gasteiger partial charge in [-0.25, -0.2) is 0 Å². The van der Waals surface area contributed by atoms with Crippen LogP contribution in [0, 0.1) is 6.92 Å². The van der Waals surface area contributed by atoms with E-state index in [1.165, 1.54) is 18.4 Å². The number of halogens is 1. The molecule has 0 radical (unpaired) electrons. The Morgan fingerprint density at radius 1 is 1.26 bits per heavy atom. The number of carbonyl (C=O) groups is 1.